The summed E-state index contributed by atoms with van der Waals surface area (Å²) in [7, 11) is -1.90. The average Bonchev–Trinajstić information content (AvgIpc) is 2.73. The van der Waals surface area contributed by atoms with Gasteiger partial charge in [0.1, 0.15) is 11.6 Å². The van der Waals surface area contributed by atoms with Crippen molar-refractivity contribution in [1.29, 1.82) is 0 Å². The fourth-order valence-corrected chi connectivity index (χ4v) is 5.67. The lowest BCUT2D eigenvalue weighted by Crippen LogP contribution is -2.43. The van der Waals surface area contributed by atoms with Gasteiger partial charge in [0.15, 0.2) is 9.84 Å². The second-order valence-corrected chi connectivity index (χ2v) is 9.82. The number of carbonyl (C=O) groups excluding carboxylic acids is 1. The molecular formula is C20H22FNO4S2. The van der Waals surface area contributed by atoms with Crippen LogP contribution in [0.15, 0.2) is 58.3 Å². The van der Waals surface area contributed by atoms with Crippen LogP contribution in [0.25, 0.3) is 0 Å². The average molecular weight is 424 g/mol. The third-order valence-electron chi connectivity index (χ3n) is 4.80. The van der Waals surface area contributed by atoms with Gasteiger partial charge in [-0.3, -0.25) is 4.79 Å². The first-order chi connectivity index (χ1) is 13.4. The molecule has 0 unspecified atom stereocenters. The zero-order valence-electron chi connectivity index (χ0n) is 15.5. The number of amides is 1. The van der Waals surface area contributed by atoms with Crippen LogP contribution < -0.4 is 4.74 Å². The van der Waals surface area contributed by atoms with Crippen molar-refractivity contribution in [3.63, 3.8) is 0 Å². The number of nitrogens with zero attached hydrogens (tertiary/aromatic N) is 1. The topological polar surface area (TPSA) is 63.7 Å². The van der Waals surface area contributed by atoms with E-state index in [1.165, 1.54) is 31.0 Å². The molecule has 1 amide bonds. The normalized spacial score (nSPS) is 15.4. The maximum absolute atomic E-state index is 12.9. The van der Waals surface area contributed by atoms with E-state index in [-0.39, 0.29) is 22.4 Å². The molecule has 0 N–H and O–H groups in total. The van der Waals surface area contributed by atoms with Crippen molar-refractivity contribution in [2.75, 3.05) is 26.0 Å². The third-order valence-corrected chi connectivity index (χ3v) is 8.07. The minimum Gasteiger partial charge on any atom is -0.497 e. The number of carbonyl (C=O) groups is 1. The maximum Gasteiger partial charge on any atom is 0.232 e. The Bertz CT molecular complexity index is 906. The highest BCUT2D eigenvalue weighted by atomic mass is 32.2. The van der Waals surface area contributed by atoms with E-state index in [0.717, 1.165) is 4.90 Å². The lowest BCUT2D eigenvalue weighted by molar-refractivity contribution is -0.129. The molecular weight excluding hydrogens is 401 g/mol. The van der Waals surface area contributed by atoms with Crippen LogP contribution in [0.5, 0.6) is 5.75 Å². The van der Waals surface area contributed by atoms with E-state index in [1.54, 1.807) is 41.3 Å². The van der Waals surface area contributed by atoms with Gasteiger partial charge < -0.3 is 9.64 Å². The summed E-state index contributed by atoms with van der Waals surface area (Å²) in [5.74, 6) is 0.519. The third kappa shape index (κ3) is 4.86. The number of methoxy groups -OCH3 is 1. The van der Waals surface area contributed by atoms with E-state index in [4.69, 9.17) is 4.74 Å². The fraction of sp³-hybridized carbons (Fsp3) is 0.350. The number of sulfone groups is 1. The summed E-state index contributed by atoms with van der Waals surface area (Å²) >= 11 is 1.35. The first-order valence-electron chi connectivity index (χ1n) is 8.94. The molecule has 0 radical (unpaired) electrons. The number of rotatable bonds is 6. The van der Waals surface area contributed by atoms with E-state index in [0.29, 0.717) is 31.7 Å². The molecule has 28 heavy (non-hydrogen) atoms. The molecule has 1 saturated heterocycles. The van der Waals surface area contributed by atoms with E-state index in [1.807, 2.05) is 0 Å². The van der Waals surface area contributed by atoms with Gasteiger partial charge in [-0.1, -0.05) is 0 Å². The molecule has 0 saturated carbocycles. The smallest absolute Gasteiger partial charge is 0.232 e. The molecule has 1 aliphatic heterocycles. The van der Waals surface area contributed by atoms with Gasteiger partial charge in [-0.2, -0.15) is 0 Å². The van der Waals surface area contributed by atoms with Crippen molar-refractivity contribution in [2.45, 2.75) is 27.9 Å². The number of ether oxygens (including phenoxy) is 1. The molecule has 1 aliphatic rings. The summed E-state index contributed by atoms with van der Waals surface area (Å²) in [5.41, 5.74) is 0. The van der Waals surface area contributed by atoms with Crippen molar-refractivity contribution >= 4 is 27.5 Å². The summed E-state index contributed by atoms with van der Waals surface area (Å²) in [5, 5.41) is -0.491. The predicted octanol–water partition coefficient (Wildman–Crippen LogP) is 3.39. The Hall–Kier alpha value is -2.06. The minimum atomic E-state index is -3.43. The standard InChI is InChI=1S/C20H22FNO4S2/c1-26-16-4-8-18(9-5-16)28(24,25)19-10-12-22(13-11-19)20(23)14-27-17-6-2-15(21)3-7-17/h2-9,19H,10-14H2,1H3. The Kier molecular flexibility index (Phi) is 6.61. The van der Waals surface area contributed by atoms with Crippen LogP contribution in [0.4, 0.5) is 4.39 Å². The SMILES string of the molecule is COc1ccc(S(=O)(=O)C2CCN(C(=O)CSc3ccc(F)cc3)CC2)cc1. The van der Waals surface area contributed by atoms with Crippen LogP contribution in [-0.4, -0.2) is 50.4 Å². The van der Waals surface area contributed by atoms with Gasteiger partial charge in [-0.15, -0.1) is 11.8 Å². The number of likely N-dealkylation sites (tertiary alicyclic amines) is 1. The number of halogens is 1. The molecule has 0 aromatic heterocycles. The number of piperidine rings is 1. The van der Waals surface area contributed by atoms with Crippen LogP contribution >= 0.6 is 11.8 Å². The summed E-state index contributed by atoms with van der Waals surface area (Å²) < 4.78 is 43.6. The van der Waals surface area contributed by atoms with Crippen LogP contribution in [0.1, 0.15) is 12.8 Å². The molecule has 8 heteroatoms. The zero-order chi connectivity index (χ0) is 20.1. The maximum atomic E-state index is 12.9. The zero-order valence-corrected chi connectivity index (χ0v) is 17.1. The van der Waals surface area contributed by atoms with E-state index in [9.17, 15) is 17.6 Å². The minimum absolute atomic E-state index is 0.0328. The number of hydrogen-bond donors (Lipinski definition) is 0. The Labute approximate surface area is 168 Å². The second kappa shape index (κ2) is 8.96. The van der Waals surface area contributed by atoms with E-state index >= 15 is 0 Å². The highest BCUT2D eigenvalue weighted by Gasteiger charge is 2.32. The number of hydrogen-bond acceptors (Lipinski definition) is 5. The largest absolute Gasteiger partial charge is 0.497 e. The second-order valence-electron chi connectivity index (χ2n) is 6.54. The number of thioether (sulfide) groups is 1. The summed E-state index contributed by atoms with van der Waals surface area (Å²) in [6.07, 6.45) is 0.836. The van der Waals surface area contributed by atoms with Gasteiger partial charge >= 0.3 is 0 Å². The van der Waals surface area contributed by atoms with Crippen LogP contribution in [0.2, 0.25) is 0 Å². The molecule has 0 spiro atoms. The first kappa shape index (κ1) is 20.7. The highest BCUT2D eigenvalue weighted by molar-refractivity contribution is 8.00. The Morgan fingerprint density at radius 3 is 2.29 bits per heavy atom. The van der Waals surface area contributed by atoms with E-state index in [2.05, 4.69) is 0 Å². The molecule has 2 aromatic rings. The summed E-state index contributed by atoms with van der Waals surface area (Å²) in [4.78, 5) is 15.2. The quantitative estimate of drug-likeness (QED) is 0.667. The van der Waals surface area contributed by atoms with Gasteiger partial charge in [-0.05, 0) is 61.4 Å². The molecule has 5 nitrogen and oxygen atoms in total. The molecule has 1 fully saturated rings. The molecule has 3 rings (SSSR count). The number of benzene rings is 2. The highest BCUT2D eigenvalue weighted by Crippen LogP contribution is 2.27. The molecule has 2 aromatic carbocycles. The van der Waals surface area contributed by atoms with Gasteiger partial charge in [0.2, 0.25) is 5.91 Å². The Morgan fingerprint density at radius 2 is 1.71 bits per heavy atom. The van der Waals surface area contributed by atoms with Crippen molar-refractivity contribution in [2.24, 2.45) is 0 Å². The van der Waals surface area contributed by atoms with Crippen molar-refractivity contribution in [3.05, 3.63) is 54.3 Å². The molecule has 150 valence electrons. The van der Waals surface area contributed by atoms with Gasteiger partial charge in [0.25, 0.3) is 0 Å². The van der Waals surface area contributed by atoms with Crippen LogP contribution in [0, 0.1) is 5.82 Å². The van der Waals surface area contributed by atoms with Crippen molar-refractivity contribution in [3.8, 4) is 5.75 Å². The monoisotopic (exact) mass is 423 g/mol. The Balaban J connectivity index is 1.54. The summed E-state index contributed by atoms with van der Waals surface area (Å²) in [6, 6.07) is 12.4. The fourth-order valence-electron chi connectivity index (χ4n) is 3.14. The van der Waals surface area contributed by atoms with E-state index < -0.39 is 15.1 Å². The lowest BCUT2D eigenvalue weighted by Gasteiger charge is -2.31. The van der Waals surface area contributed by atoms with Crippen molar-refractivity contribution in [1.82, 2.24) is 4.90 Å². The Morgan fingerprint density at radius 1 is 1.11 bits per heavy atom. The van der Waals surface area contributed by atoms with Gasteiger partial charge in [-0.25, -0.2) is 12.8 Å². The molecule has 1 heterocycles. The van der Waals surface area contributed by atoms with Crippen molar-refractivity contribution < 1.29 is 22.3 Å². The molecule has 0 atom stereocenters. The predicted molar refractivity (Wildman–Crippen MR) is 107 cm³/mol. The van der Waals surface area contributed by atoms with Crippen LogP contribution in [0.3, 0.4) is 0 Å². The molecule has 0 aliphatic carbocycles. The summed E-state index contributed by atoms with van der Waals surface area (Å²) in [6.45, 7) is 0.839. The lowest BCUT2D eigenvalue weighted by atomic mass is 10.1. The van der Waals surface area contributed by atoms with Crippen LogP contribution in [-0.2, 0) is 14.6 Å². The van der Waals surface area contributed by atoms with Gasteiger partial charge in [0, 0.05) is 18.0 Å². The molecule has 0 bridgehead atoms. The first-order valence-corrected chi connectivity index (χ1v) is 11.5. The van der Waals surface area contributed by atoms with Gasteiger partial charge in [0.05, 0.1) is 23.0 Å².